The van der Waals surface area contributed by atoms with Crippen LogP contribution in [0, 0.1) is 0 Å². The van der Waals surface area contributed by atoms with Gasteiger partial charge in [0.25, 0.3) is 0 Å². The average Bonchev–Trinajstić information content (AvgIpc) is 2.65. The van der Waals surface area contributed by atoms with Crippen molar-refractivity contribution in [3.63, 3.8) is 0 Å². The van der Waals surface area contributed by atoms with Crippen molar-refractivity contribution >= 4 is 18.0 Å². The van der Waals surface area contributed by atoms with Crippen LogP contribution in [0.25, 0.3) is 0 Å². The lowest BCUT2D eigenvalue weighted by Gasteiger charge is -2.34. The van der Waals surface area contributed by atoms with Crippen molar-refractivity contribution in [3.8, 4) is 0 Å². The van der Waals surface area contributed by atoms with E-state index in [1.165, 1.54) is 0 Å². The summed E-state index contributed by atoms with van der Waals surface area (Å²) in [7, 11) is 0. The predicted molar refractivity (Wildman–Crippen MR) is 91.9 cm³/mol. The smallest absolute Gasteiger partial charge is 0.409 e. The van der Waals surface area contributed by atoms with Gasteiger partial charge in [-0.1, -0.05) is 30.3 Å². The van der Waals surface area contributed by atoms with Crippen LogP contribution >= 0.6 is 0 Å². The molecule has 0 atom stereocenters. The topological polar surface area (TPSA) is 91.0 Å². The zero-order chi connectivity index (χ0) is 18.1. The van der Waals surface area contributed by atoms with Crippen molar-refractivity contribution in [2.45, 2.75) is 13.5 Å². The summed E-state index contributed by atoms with van der Waals surface area (Å²) in [4.78, 5) is 38.7. The molecule has 0 aliphatic carbocycles. The van der Waals surface area contributed by atoms with E-state index in [1.807, 2.05) is 30.3 Å². The first-order valence-corrected chi connectivity index (χ1v) is 8.35. The Bertz CT molecular complexity index is 586. The SMILES string of the molecule is CCOC(=O)N1CCN(C(=O)CNC(=O)NCc2ccccc2)CC1. The largest absolute Gasteiger partial charge is 0.450 e. The minimum absolute atomic E-state index is 0.0694. The second-order valence-electron chi connectivity index (χ2n) is 5.59. The first kappa shape index (κ1) is 18.6. The van der Waals surface area contributed by atoms with E-state index >= 15 is 0 Å². The maximum absolute atomic E-state index is 12.1. The van der Waals surface area contributed by atoms with Gasteiger partial charge in [-0.3, -0.25) is 4.79 Å². The number of rotatable bonds is 5. The van der Waals surface area contributed by atoms with Crippen LogP contribution in [-0.2, 0) is 16.1 Å². The Balaban J connectivity index is 1.65. The van der Waals surface area contributed by atoms with Crippen molar-refractivity contribution in [2.24, 2.45) is 0 Å². The zero-order valence-electron chi connectivity index (χ0n) is 14.4. The predicted octanol–water partition coefficient (Wildman–Crippen LogP) is 0.787. The van der Waals surface area contributed by atoms with Crippen LogP contribution in [0.5, 0.6) is 0 Å². The molecule has 1 aliphatic heterocycles. The number of carbonyl (C=O) groups is 3. The fourth-order valence-corrected chi connectivity index (χ4v) is 2.46. The summed E-state index contributed by atoms with van der Waals surface area (Å²) in [6.07, 6.45) is -0.354. The molecular formula is C17H24N4O4. The van der Waals surface area contributed by atoms with Crippen molar-refractivity contribution in [1.29, 1.82) is 0 Å². The lowest BCUT2D eigenvalue weighted by molar-refractivity contribution is -0.131. The molecule has 1 aliphatic rings. The molecule has 0 radical (unpaired) electrons. The van der Waals surface area contributed by atoms with Gasteiger partial charge < -0.3 is 25.2 Å². The van der Waals surface area contributed by atoms with E-state index in [0.717, 1.165) is 5.56 Å². The van der Waals surface area contributed by atoms with Gasteiger partial charge in [-0.15, -0.1) is 0 Å². The molecule has 0 aromatic heterocycles. The van der Waals surface area contributed by atoms with Crippen LogP contribution in [0.15, 0.2) is 30.3 Å². The van der Waals surface area contributed by atoms with Gasteiger partial charge >= 0.3 is 12.1 Å². The van der Waals surface area contributed by atoms with Gasteiger partial charge in [0.05, 0.1) is 13.2 Å². The molecule has 0 unspecified atom stereocenters. The number of amides is 4. The summed E-state index contributed by atoms with van der Waals surface area (Å²) in [5, 5.41) is 5.26. The molecule has 4 amide bonds. The van der Waals surface area contributed by atoms with E-state index in [4.69, 9.17) is 4.74 Å². The lowest BCUT2D eigenvalue weighted by Crippen LogP contribution is -2.53. The van der Waals surface area contributed by atoms with Gasteiger partial charge in [-0.2, -0.15) is 0 Å². The number of nitrogens with one attached hydrogen (secondary N) is 2. The Morgan fingerprint density at radius 1 is 1.00 bits per heavy atom. The summed E-state index contributed by atoms with van der Waals surface area (Å²) in [6.45, 7) is 4.16. The molecule has 0 spiro atoms. The Labute approximate surface area is 147 Å². The summed E-state index contributed by atoms with van der Waals surface area (Å²) in [5.41, 5.74) is 0.985. The molecule has 25 heavy (non-hydrogen) atoms. The highest BCUT2D eigenvalue weighted by Crippen LogP contribution is 2.04. The van der Waals surface area contributed by atoms with Crippen LogP contribution in [0.2, 0.25) is 0 Å². The third-order valence-corrected chi connectivity index (χ3v) is 3.85. The molecule has 8 heteroatoms. The van der Waals surface area contributed by atoms with Crippen LogP contribution in [0.4, 0.5) is 9.59 Å². The molecule has 2 rings (SSSR count). The van der Waals surface area contributed by atoms with Crippen LogP contribution in [0.3, 0.4) is 0 Å². The van der Waals surface area contributed by atoms with Crippen LogP contribution < -0.4 is 10.6 Å². The number of benzene rings is 1. The summed E-state index contributed by atoms with van der Waals surface area (Å²) in [5.74, 6) is -0.168. The highest BCUT2D eigenvalue weighted by atomic mass is 16.6. The second kappa shape index (κ2) is 9.51. The average molecular weight is 348 g/mol. The third kappa shape index (κ3) is 5.98. The highest BCUT2D eigenvalue weighted by molar-refractivity contribution is 5.84. The Kier molecular flexibility index (Phi) is 7.06. The molecule has 0 saturated carbocycles. The van der Waals surface area contributed by atoms with Gasteiger partial charge in [0.15, 0.2) is 0 Å². The van der Waals surface area contributed by atoms with Crippen molar-refractivity contribution in [3.05, 3.63) is 35.9 Å². The molecule has 8 nitrogen and oxygen atoms in total. The number of ether oxygens (including phenoxy) is 1. The Morgan fingerprint density at radius 2 is 1.64 bits per heavy atom. The summed E-state index contributed by atoms with van der Waals surface area (Å²) >= 11 is 0. The number of hydrogen-bond donors (Lipinski definition) is 2. The fraction of sp³-hybridized carbons (Fsp3) is 0.471. The number of nitrogens with zero attached hydrogens (tertiary/aromatic N) is 2. The molecular weight excluding hydrogens is 324 g/mol. The monoisotopic (exact) mass is 348 g/mol. The molecule has 1 aromatic carbocycles. The van der Waals surface area contributed by atoms with Gasteiger partial charge in [-0.25, -0.2) is 9.59 Å². The van der Waals surface area contributed by atoms with Gasteiger partial charge in [0, 0.05) is 32.7 Å². The van der Waals surface area contributed by atoms with Crippen LogP contribution in [-0.4, -0.2) is 67.2 Å². The lowest BCUT2D eigenvalue weighted by atomic mass is 10.2. The van der Waals surface area contributed by atoms with E-state index in [0.29, 0.717) is 39.3 Å². The van der Waals surface area contributed by atoms with E-state index in [1.54, 1.807) is 16.7 Å². The highest BCUT2D eigenvalue weighted by Gasteiger charge is 2.24. The Morgan fingerprint density at radius 3 is 2.28 bits per heavy atom. The molecule has 1 aromatic rings. The quantitative estimate of drug-likeness (QED) is 0.823. The first-order valence-electron chi connectivity index (χ1n) is 8.35. The molecule has 1 fully saturated rings. The minimum atomic E-state index is -0.387. The second-order valence-corrected chi connectivity index (χ2v) is 5.59. The number of carbonyl (C=O) groups excluding carboxylic acids is 3. The van der Waals surface area contributed by atoms with E-state index in [-0.39, 0.29) is 24.6 Å². The number of piperazine rings is 1. The molecule has 2 N–H and O–H groups in total. The maximum Gasteiger partial charge on any atom is 0.409 e. The fourth-order valence-electron chi connectivity index (χ4n) is 2.46. The van der Waals surface area contributed by atoms with Crippen molar-refractivity contribution < 1.29 is 19.1 Å². The van der Waals surface area contributed by atoms with E-state index < -0.39 is 0 Å². The zero-order valence-corrected chi connectivity index (χ0v) is 14.4. The molecule has 0 bridgehead atoms. The maximum atomic E-state index is 12.1. The molecule has 1 saturated heterocycles. The van der Waals surface area contributed by atoms with Crippen LogP contribution in [0.1, 0.15) is 12.5 Å². The normalized spacial score (nSPS) is 14.0. The molecule has 136 valence electrons. The van der Waals surface area contributed by atoms with Gasteiger partial charge in [0.2, 0.25) is 5.91 Å². The Hall–Kier alpha value is -2.77. The summed E-state index contributed by atoms with van der Waals surface area (Å²) in [6, 6.07) is 9.14. The summed E-state index contributed by atoms with van der Waals surface area (Å²) < 4.78 is 4.94. The van der Waals surface area contributed by atoms with Gasteiger partial charge in [-0.05, 0) is 12.5 Å². The minimum Gasteiger partial charge on any atom is -0.450 e. The number of hydrogen-bond acceptors (Lipinski definition) is 4. The van der Waals surface area contributed by atoms with E-state index in [9.17, 15) is 14.4 Å². The number of urea groups is 1. The first-order chi connectivity index (χ1) is 12.1. The van der Waals surface area contributed by atoms with Gasteiger partial charge in [0.1, 0.15) is 0 Å². The van der Waals surface area contributed by atoms with Crippen molar-refractivity contribution in [1.82, 2.24) is 20.4 Å². The third-order valence-electron chi connectivity index (χ3n) is 3.85. The standard InChI is InChI=1S/C17H24N4O4/c1-2-25-17(24)21-10-8-20(9-11-21)15(22)13-19-16(23)18-12-14-6-4-3-5-7-14/h3-7H,2,8-13H2,1H3,(H2,18,19,23). The molecule has 1 heterocycles. The van der Waals surface area contributed by atoms with E-state index in [2.05, 4.69) is 10.6 Å². The van der Waals surface area contributed by atoms with Crippen molar-refractivity contribution in [2.75, 3.05) is 39.3 Å².